The third-order valence-corrected chi connectivity index (χ3v) is 11.1. The van der Waals surface area contributed by atoms with Crippen LogP contribution in [0.1, 0.15) is 48.6 Å². The van der Waals surface area contributed by atoms with E-state index in [-0.39, 0.29) is 5.41 Å². The van der Waals surface area contributed by atoms with E-state index in [2.05, 4.69) is 147 Å². The third kappa shape index (κ3) is 4.96. The fourth-order valence-corrected chi connectivity index (χ4v) is 8.26. The molecule has 0 radical (unpaired) electrons. The van der Waals surface area contributed by atoms with Gasteiger partial charge >= 0.3 is 0 Å². The van der Waals surface area contributed by atoms with Gasteiger partial charge < -0.3 is 4.42 Å². The minimum absolute atomic E-state index is 0.00845. The molecule has 1 unspecified atom stereocenters. The van der Waals surface area contributed by atoms with E-state index in [0.717, 1.165) is 73.4 Å². The Hall–Kier alpha value is -6.32. The molecule has 2 aliphatic carbocycles. The summed E-state index contributed by atoms with van der Waals surface area (Å²) in [5.41, 5.74) is 15.9. The van der Waals surface area contributed by atoms with Gasteiger partial charge in [-0.3, -0.25) is 0 Å². The van der Waals surface area contributed by atoms with Crippen LogP contribution in [-0.4, -0.2) is 9.97 Å². The number of furan rings is 1. The van der Waals surface area contributed by atoms with E-state index in [1.807, 2.05) is 30.3 Å². The minimum Gasteiger partial charge on any atom is -0.455 e. The van der Waals surface area contributed by atoms with Crippen LogP contribution < -0.4 is 0 Å². The molecule has 8 aromatic rings. The van der Waals surface area contributed by atoms with Crippen LogP contribution in [0.2, 0.25) is 0 Å². The first kappa shape index (κ1) is 30.5. The van der Waals surface area contributed by atoms with Gasteiger partial charge in [-0.25, -0.2) is 9.97 Å². The zero-order valence-corrected chi connectivity index (χ0v) is 29.2. The molecular weight excluding hydrogens is 633 g/mol. The van der Waals surface area contributed by atoms with Gasteiger partial charge in [0.05, 0.1) is 11.4 Å². The van der Waals surface area contributed by atoms with Crippen molar-refractivity contribution in [2.75, 3.05) is 0 Å². The standard InChI is InChI=1S/C49H36N2O/c1-49(2)42-17-8-6-13-38(42)39-28-27-36(29-43(39)49)31-19-23-33(24-20-31)44-30-45(51-48(50-44)35-11-4-3-5-12-35)34-25-21-32(22-26-34)37-15-10-16-41-40-14-7-9-18-46(40)52-47(37)41/h3-19,21-31H,20H2,1-2H3. The Bertz CT molecular complexity index is 2730. The topological polar surface area (TPSA) is 38.9 Å². The van der Waals surface area contributed by atoms with Gasteiger partial charge in [-0.1, -0.05) is 166 Å². The molecular formula is C49H36N2O. The summed E-state index contributed by atoms with van der Waals surface area (Å²) < 4.78 is 6.34. The van der Waals surface area contributed by atoms with Crippen LogP contribution in [0.5, 0.6) is 0 Å². The number of hydrogen-bond acceptors (Lipinski definition) is 3. The van der Waals surface area contributed by atoms with Crippen LogP contribution in [-0.2, 0) is 5.41 Å². The second kappa shape index (κ2) is 11.9. The van der Waals surface area contributed by atoms with Gasteiger partial charge in [0.2, 0.25) is 0 Å². The largest absolute Gasteiger partial charge is 0.455 e. The fraction of sp³-hybridized carbons (Fsp3) is 0.102. The zero-order valence-electron chi connectivity index (χ0n) is 29.2. The maximum atomic E-state index is 6.34. The predicted octanol–water partition coefficient (Wildman–Crippen LogP) is 12.8. The average Bonchev–Trinajstić information content (AvgIpc) is 3.70. The SMILES string of the molecule is CC1(C)c2ccccc2-c2ccc(C3C=CC(c4cc(-c5ccc(-c6cccc7c6oc6ccccc67)cc5)nc(-c5ccccc5)n4)=CC3)cc21. The van der Waals surface area contributed by atoms with Crippen molar-refractivity contribution in [1.29, 1.82) is 0 Å². The summed E-state index contributed by atoms with van der Waals surface area (Å²) in [5.74, 6) is 1.04. The fourth-order valence-electron chi connectivity index (χ4n) is 8.26. The summed E-state index contributed by atoms with van der Waals surface area (Å²) in [4.78, 5) is 10.2. The highest BCUT2D eigenvalue weighted by atomic mass is 16.3. The van der Waals surface area contributed by atoms with Crippen LogP contribution in [0.4, 0.5) is 0 Å². The van der Waals surface area contributed by atoms with Crippen LogP contribution in [0, 0.1) is 0 Å². The Kier molecular flexibility index (Phi) is 6.97. The Morgan fingerprint density at radius 2 is 1.29 bits per heavy atom. The van der Waals surface area contributed by atoms with Gasteiger partial charge in [-0.05, 0) is 57.5 Å². The molecule has 2 aromatic heterocycles. The van der Waals surface area contributed by atoms with E-state index in [0.29, 0.717) is 5.92 Å². The first-order valence-corrected chi connectivity index (χ1v) is 18.1. The predicted molar refractivity (Wildman–Crippen MR) is 214 cm³/mol. The maximum Gasteiger partial charge on any atom is 0.160 e. The number of nitrogens with zero attached hydrogens (tertiary/aromatic N) is 2. The molecule has 0 spiro atoms. The lowest BCUT2D eigenvalue weighted by Crippen LogP contribution is -2.15. The second-order valence-corrected chi connectivity index (χ2v) is 14.5. The van der Waals surface area contributed by atoms with E-state index in [1.165, 1.54) is 27.8 Å². The number of rotatable bonds is 5. The average molecular weight is 669 g/mol. The van der Waals surface area contributed by atoms with E-state index >= 15 is 0 Å². The number of para-hydroxylation sites is 2. The number of hydrogen-bond donors (Lipinski definition) is 0. The molecule has 0 saturated carbocycles. The Labute approximate surface area is 303 Å². The van der Waals surface area contributed by atoms with E-state index in [1.54, 1.807) is 0 Å². The van der Waals surface area contributed by atoms with Gasteiger partial charge in [0, 0.05) is 38.8 Å². The van der Waals surface area contributed by atoms with Crippen molar-refractivity contribution in [3.63, 3.8) is 0 Å². The number of fused-ring (bicyclic) bond motifs is 6. The maximum absolute atomic E-state index is 6.34. The summed E-state index contributed by atoms with van der Waals surface area (Å²) in [6.07, 6.45) is 7.86. The lowest BCUT2D eigenvalue weighted by atomic mass is 9.80. The van der Waals surface area contributed by atoms with Crippen molar-refractivity contribution in [3.8, 4) is 44.9 Å². The Morgan fingerprint density at radius 1 is 0.577 bits per heavy atom. The number of benzene rings is 6. The van der Waals surface area contributed by atoms with Gasteiger partial charge in [0.25, 0.3) is 0 Å². The highest BCUT2D eigenvalue weighted by Gasteiger charge is 2.35. The van der Waals surface area contributed by atoms with Crippen molar-refractivity contribution in [3.05, 3.63) is 186 Å². The Morgan fingerprint density at radius 3 is 2.13 bits per heavy atom. The summed E-state index contributed by atoms with van der Waals surface area (Å²) in [6, 6.07) is 51.6. The molecule has 0 aliphatic heterocycles. The molecule has 3 heteroatoms. The smallest absolute Gasteiger partial charge is 0.160 e. The molecule has 0 N–H and O–H groups in total. The molecule has 3 nitrogen and oxygen atoms in total. The molecule has 0 saturated heterocycles. The summed E-state index contributed by atoms with van der Waals surface area (Å²) in [7, 11) is 0. The molecule has 0 amide bonds. The molecule has 248 valence electrons. The summed E-state index contributed by atoms with van der Waals surface area (Å²) in [6.45, 7) is 4.70. The van der Waals surface area contributed by atoms with Crippen molar-refractivity contribution >= 4 is 27.5 Å². The van der Waals surface area contributed by atoms with Crippen molar-refractivity contribution in [2.45, 2.75) is 31.6 Å². The molecule has 6 aromatic carbocycles. The quantitative estimate of drug-likeness (QED) is 0.183. The molecule has 10 rings (SSSR count). The monoisotopic (exact) mass is 668 g/mol. The van der Waals surface area contributed by atoms with Gasteiger partial charge in [-0.15, -0.1) is 0 Å². The Balaban J connectivity index is 0.978. The van der Waals surface area contributed by atoms with Gasteiger partial charge in [-0.2, -0.15) is 0 Å². The third-order valence-electron chi connectivity index (χ3n) is 11.1. The highest BCUT2D eigenvalue weighted by Crippen LogP contribution is 2.49. The zero-order chi connectivity index (χ0) is 34.8. The second-order valence-electron chi connectivity index (χ2n) is 14.5. The van der Waals surface area contributed by atoms with E-state index < -0.39 is 0 Å². The number of allylic oxidation sites excluding steroid dienone is 4. The van der Waals surface area contributed by atoms with Crippen molar-refractivity contribution in [1.82, 2.24) is 9.97 Å². The lowest BCUT2D eigenvalue weighted by molar-refractivity contribution is 0.658. The normalized spacial score (nSPS) is 15.8. The van der Waals surface area contributed by atoms with Crippen molar-refractivity contribution < 1.29 is 4.42 Å². The number of aromatic nitrogens is 2. The van der Waals surface area contributed by atoms with Crippen LogP contribution in [0.15, 0.2) is 168 Å². The summed E-state index contributed by atoms with van der Waals surface area (Å²) >= 11 is 0. The van der Waals surface area contributed by atoms with Gasteiger partial charge in [0.15, 0.2) is 5.82 Å². The minimum atomic E-state index is -0.00845. The molecule has 0 fully saturated rings. The first-order chi connectivity index (χ1) is 25.5. The van der Waals surface area contributed by atoms with Crippen LogP contribution >= 0.6 is 0 Å². The van der Waals surface area contributed by atoms with Gasteiger partial charge in [0.1, 0.15) is 11.2 Å². The highest BCUT2D eigenvalue weighted by molar-refractivity contribution is 6.09. The molecule has 52 heavy (non-hydrogen) atoms. The summed E-state index contributed by atoms with van der Waals surface area (Å²) in [5, 5.41) is 2.27. The van der Waals surface area contributed by atoms with E-state index in [4.69, 9.17) is 14.4 Å². The molecule has 2 aliphatic rings. The van der Waals surface area contributed by atoms with E-state index in [9.17, 15) is 0 Å². The molecule has 2 heterocycles. The van der Waals surface area contributed by atoms with Crippen molar-refractivity contribution in [2.24, 2.45) is 0 Å². The molecule has 1 atom stereocenters. The lowest BCUT2D eigenvalue weighted by Gasteiger charge is -2.23. The van der Waals surface area contributed by atoms with Crippen LogP contribution in [0.3, 0.4) is 0 Å². The first-order valence-electron chi connectivity index (χ1n) is 18.1. The van der Waals surface area contributed by atoms with Crippen LogP contribution in [0.25, 0.3) is 72.4 Å². The molecule has 0 bridgehead atoms.